The fourth-order valence-corrected chi connectivity index (χ4v) is 3.77. The Kier molecular flexibility index (Phi) is 13.3. The van der Waals surface area contributed by atoms with Crippen LogP contribution in [0.5, 0.6) is 5.75 Å². The minimum Gasteiger partial charge on any atom is -0.482 e. The number of halogens is 1. The van der Waals surface area contributed by atoms with Crippen LogP contribution in [-0.4, -0.2) is 62.2 Å². The predicted octanol–water partition coefficient (Wildman–Crippen LogP) is 4.30. The van der Waals surface area contributed by atoms with Gasteiger partial charge in [0.15, 0.2) is 17.3 Å². The summed E-state index contributed by atoms with van der Waals surface area (Å²) in [7, 11) is 3.87. The molecule has 3 aromatic rings. The van der Waals surface area contributed by atoms with Crippen molar-refractivity contribution in [2.24, 2.45) is 7.05 Å². The lowest BCUT2D eigenvalue weighted by Crippen LogP contribution is -2.49. The normalized spacial score (nSPS) is 11.5. The number of aromatic nitrogens is 3. The van der Waals surface area contributed by atoms with E-state index in [4.69, 9.17) is 20.0 Å². The average Bonchev–Trinajstić information content (AvgIpc) is 3.32. The number of aryl methyl sites for hydroxylation is 2. The summed E-state index contributed by atoms with van der Waals surface area (Å²) in [5.41, 5.74) is 6.27. The highest BCUT2D eigenvalue weighted by Gasteiger charge is 2.43. The fraction of sp³-hybridized carbons (Fsp3) is 0.433. The molecule has 0 fully saturated rings. The van der Waals surface area contributed by atoms with E-state index in [-0.39, 0.29) is 28.4 Å². The number of carbonyl (C=O) groups is 2. The van der Waals surface area contributed by atoms with E-state index in [0.717, 1.165) is 17.3 Å². The van der Waals surface area contributed by atoms with E-state index in [1.165, 1.54) is 38.6 Å². The second kappa shape index (κ2) is 15.6. The molecule has 0 aliphatic heterocycles. The third kappa shape index (κ3) is 9.13. The topological polar surface area (TPSA) is 186 Å². The molecule has 0 saturated heterocycles. The lowest BCUT2D eigenvalue weighted by molar-refractivity contribution is -0.258. The molecule has 3 rings (SSSR count). The molecule has 14 heteroatoms. The van der Waals surface area contributed by atoms with E-state index >= 15 is 0 Å². The first-order valence-electron chi connectivity index (χ1n) is 13.5. The second-order valence-corrected chi connectivity index (χ2v) is 10.2. The molecule has 0 spiro atoms. The number of nitrogens with two attached hydrogens (primary N) is 1. The van der Waals surface area contributed by atoms with Gasteiger partial charge >= 0.3 is 6.09 Å². The zero-order chi connectivity index (χ0) is 34.0. The molecule has 4 N–H and O–H groups in total. The Morgan fingerprint density at radius 3 is 2.36 bits per heavy atom. The van der Waals surface area contributed by atoms with Gasteiger partial charge in [0.25, 0.3) is 12.4 Å². The van der Waals surface area contributed by atoms with E-state index < -0.39 is 35.2 Å². The van der Waals surface area contributed by atoms with Crippen molar-refractivity contribution in [1.82, 2.24) is 19.7 Å². The summed E-state index contributed by atoms with van der Waals surface area (Å²) >= 11 is 0. The zero-order valence-corrected chi connectivity index (χ0v) is 26.7. The fourth-order valence-electron chi connectivity index (χ4n) is 3.77. The molecule has 1 aromatic carbocycles. The van der Waals surface area contributed by atoms with Gasteiger partial charge in [0.2, 0.25) is 0 Å². The van der Waals surface area contributed by atoms with Gasteiger partial charge in [-0.3, -0.25) is 14.4 Å². The molecular weight excluding hydrogens is 575 g/mol. The number of nitrogen functional groups attached to an aromatic ring is 1. The number of rotatable bonds is 7. The average molecular weight is 617 g/mol. The number of carbonyl (C=O) groups excluding carboxylic acids is 2. The van der Waals surface area contributed by atoms with Crippen molar-refractivity contribution in [3.8, 4) is 22.9 Å². The van der Waals surface area contributed by atoms with E-state index in [2.05, 4.69) is 14.8 Å². The SMILES string of the molecule is CC.COC=O.Cc1ccc(F)cc1C(C)Oc1cc(-c2c(C(O)(O)N(C)C(=O)OC(C)(C)C)nn(C)c2C#N)cnc1N. The third-order valence-electron chi connectivity index (χ3n) is 5.86. The molecule has 0 aliphatic carbocycles. The number of amides is 1. The number of pyridine rings is 1. The molecular formula is C30H41FN6O7. The number of hydrogen-bond donors (Lipinski definition) is 3. The molecule has 2 aromatic heterocycles. The molecule has 44 heavy (non-hydrogen) atoms. The third-order valence-corrected chi connectivity index (χ3v) is 5.86. The Morgan fingerprint density at radius 2 is 1.84 bits per heavy atom. The molecule has 1 atom stereocenters. The molecule has 0 aliphatic rings. The van der Waals surface area contributed by atoms with Crippen molar-refractivity contribution in [3.05, 3.63) is 58.8 Å². The van der Waals surface area contributed by atoms with Crippen LogP contribution in [0.4, 0.5) is 15.0 Å². The minimum atomic E-state index is -2.97. The predicted molar refractivity (Wildman–Crippen MR) is 160 cm³/mol. The van der Waals surface area contributed by atoms with Crippen LogP contribution in [0.25, 0.3) is 11.1 Å². The highest BCUT2D eigenvalue weighted by atomic mass is 19.1. The van der Waals surface area contributed by atoms with Gasteiger partial charge in [-0.2, -0.15) is 10.4 Å². The first-order valence-corrected chi connectivity index (χ1v) is 13.5. The Balaban J connectivity index is 0.00000149. The first kappa shape index (κ1) is 37.3. The number of hydrogen-bond acceptors (Lipinski definition) is 11. The number of ether oxygens (including phenoxy) is 3. The number of nitriles is 1. The molecule has 0 saturated carbocycles. The number of aliphatic hydroxyl groups is 2. The smallest absolute Gasteiger partial charge is 0.414 e. The molecule has 0 bridgehead atoms. The van der Waals surface area contributed by atoms with Crippen LogP contribution in [0.3, 0.4) is 0 Å². The Bertz CT molecular complexity index is 1480. The van der Waals surface area contributed by atoms with Crippen LogP contribution in [0.2, 0.25) is 0 Å². The Morgan fingerprint density at radius 1 is 1.25 bits per heavy atom. The largest absolute Gasteiger partial charge is 0.482 e. The molecule has 240 valence electrons. The van der Waals surface area contributed by atoms with Crippen molar-refractivity contribution in [1.29, 1.82) is 5.26 Å². The van der Waals surface area contributed by atoms with Gasteiger partial charge in [-0.05, 0) is 63.9 Å². The Labute approximate surface area is 256 Å². The quantitative estimate of drug-likeness (QED) is 0.254. The van der Waals surface area contributed by atoms with E-state index in [1.54, 1.807) is 33.8 Å². The highest BCUT2D eigenvalue weighted by Crippen LogP contribution is 2.38. The standard InChI is InChI=1S/C26H31FN6O5.C2H4O2.C2H6/c1-14-8-9-17(27)11-18(14)15(2)37-20-10-16(13-30-23(20)29)21-19(12-28)33(7)31-22(21)26(35,36)32(6)24(34)38-25(3,4)5;1-4-2-3;1-2/h8-11,13,15,35-36H,1-7H3,(H2,29,30);2H,1H3;1-2H3. The monoisotopic (exact) mass is 616 g/mol. The maximum atomic E-state index is 13.8. The molecule has 13 nitrogen and oxygen atoms in total. The summed E-state index contributed by atoms with van der Waals surface area (Å²) in [6.45, 7) is 12.8. The van der Waals surface area contributed by atoms with Gasteiger partial charge in [0, 0.05) is 25.9 Å². The molecule has 0 radical (unpaired) electrons. The summed E-state index contributed by atoms with van der Waals surface area (Å²) in [6, 6.07) is 7.77. The lowest BCUT2D eigenvalue weighted by atomic mass is 10.0. The summed E-state index contributed by atoms with van der Waals surface area (Å²) in [4.78, 5) is 26.3. The van der Waals surface area contributed by atoms with Crippen LogP contribution < -0.4 is 10.5 Å². The lowest BCUT2D eigenvalue weighted by Gasteiger charge is -2.32. The number of anilines is 1. The highest BCUT2D eigenvalue weighted by molar-refractivity contribution is 5.75. The van der Waals surface area contributed by atoms with Crippen molar-refractivity contribution in [2.75, 3.05) is 19.9 Å². The minimum absolute atomic E-state index is 0.0117. The van der Waals surface area contributed by atoms with E-state index in [9.17, 15) is 24.7 Å². The molecule has 1 amide bonds. The maximum absolute atomic E-state index is 13.8. The number of methoxy groups -OCH3 is 1. The summed E-state index contributed by atoms with van der Waals surface area (Å²) in [6.07, 6.45) is -0.344. The van der Waals surface area contributed by atoms with E-state index in [1.807, 2.05) is 26.8 Å². The summed E-state index contributed by atoms with van der Waals surface area (Å²) in [5.74, 6) is -3.27. The second-order valence-electron chi connectivity index (χ2n) is 10.2. The van der Waals surface area contributed by atoms with Crippen molar-refractivity contribution in [3.63, 3.8) is 0 Å². The Hall–Kier alpha value is -4.74. The van der Waals surface area contributed by atoms with Crippen molar-refractivity contribution < 1.29 is 38.4 Å². The number of benzene rings is 1. The maximum Gasteiger partial charge on any atom is 0.414 e. The van der Waals surface area contributed by atoms with Crippen molar-refractivity contribution in [2.45, 2.75) is 66.1 Å². The van der Waals surface area contributed by atoms with Gasteiger partial charge in [-0.1, -0.05) is 19.9 Å². The summed E-state index contributed by atoms with van der Waals surface area (Å²) in [5, 5.41) is 36.0. The molecule has 1 unspecified atom stereocenters. The van der Waals surface area contributed by atoms with E-state index in [0.29, 0.717) is 16.9 Å². The van der Waals surface area contributed by atoms with Crippen LogP contribution in [0.1, 0.15) is 70.2 Å². The molecule has 2 heterocycles. The number of nitrogens with zero attached hydrogens (tertiary/aromatic N) is 5. The van der Waals surface area contributed by atoms with Gasteiger partial charge in [-0.25, -0.2) is 14.2 Å². The van der Waals surface area contributed by atoms with Crippen LogP contribution >= 0.6 is 0 Å². The van der Waals surface area contributed by atoms with Crippen LogP contribution in [0, 0.1) is 24.1 Å². The van der Waals surface area contributed by atoms with Crippen molar-refractivity contribution >= 4 is 18.4 Å². The van der Waals surface area contributed by atoms with Gasteiger partial charge < -0.3 is 30.2 Å². The van der Waals surface area contributed by atoms with Gasteiger partial charge in [0.05, 0.1) is 12.7 Å². The van der Waals surface area contributed by atoms with Crippen LogP contribution in [0.15, 0.2) is 30.5 Å². The van der Waals surface area contributed by atoms with Gasteiger partial charge in [-0.15, -0.1) is 0 Å². The van der Waals surface area contributed by atoms with Gasteiger partial charge in [0.1, 0.15) is 29.3 Å². The zero-order valence-electron chi connectivity index (χ0n) is 26.7. The van der Waals surface area contributed by atoms with Crippen LogP contribution in [-0.2, 0) is 27.2 Å². The summed E-state index contributed by atoms with van der Waals surface area (Å²) < 4.78 is 30.1. The first-order chi connectivity index (χ1) is 20.5.